The van der Waals surface area contributed by atoms with E-state index in [9.17, 15) is 23.1 Å². The molecular formula is C24H28Cl2N2O6S. The van der Waals surface area contributed by atoms with Crippen LogP contribution in [0.15, 0.2) is 48.5 Å². The van der Waals surface area contributed by atoms with E-state index in [1.807, 2.05) is 0 Å². The Kier molecular flexibility index (Phi) is 8.82. The Hall–Kier alpha value is -2.17. The minimum atomic E-state index is -3.68. The molecule has 3 rings (SSSR count). The van der Waals surface area contributed by atoms with Crippen LogP contribution in [0.25, 0.3) is 0 Å². The number of nitrogens with zero attached hydrogens (tertiary/aromatic N) is 2. The van der Waals surface area contributed by atoms with Crippen molar-refractivity contribution in [3.63, 3.8) is 0 Å². The molecule has 4 atom stereocenters. The number of rotatable bonds is 9. The predicted molar refractivity (Wildman–Crippen MR) is 134 cm³/mol. The molecule has 8 nitrogen and oxygen atoms in total. The van der Waals surface area contributed by atoms with Gasteiger partial charge in [0.25, 0.3) is 5.91 Å². The summed E-state index contributed by atoms with van der Waals surface area (Å²) in [4.78, 5) is 26.7. The molecule has 1 N–H and O–H groups in total. The molecule has 1 saturated heterocycles. The number of carbonyl (C=O) groups is 2. The van der Waals surface area contributed by atoms with Gasteiger partial charge in [0.1, 0.15) is 12.2 Å². The van der Waals surface area contributed by atoms with Crippen LogP contribution >= 0.6 is 23.2 Å². The summed E-state index contributed by atoms with van der Waals surface area (Å²) in [6.07, 6.45) is -2.33. The first-order valence-corrected chi connectivity index (χ1v) is 13.4. The molecule has 0 saturated carbocycles. The third kappa shape index (κ3) is 6.34. The Morgan fingerprint density at radius 3 is 2.31 bits per heavy atom. The van der Waals surface area contributed by atoms with Crippen LogP contribution in [0, 0.1) is 0 Å². The maximum Gasteiger partial charge on any atom is 0.306 e. The number of ether oxygens (including phenoxy) is 1. The van der Waals surface area contributed by atoms with Gasteiger partial charge in [-0.3, -0.25) is 9.59 Å². The molecule has 35 heavy (non-hydrogen) atoms. The molecule has 1 aliphatic heterocycles. The van der Waals surface area contributed by atoms with E-state index in [1.54, 1.807) is 55.5 Å². The summed E-state index contributed by atoms with van der Waals surface area (Å²) >= 11 is 12.3. The van der Waals surface area contributed by atoms with Crippen molar-refractivity contribution in [3.05, 3.63) is 69.7 Å². The summed E-state index contributed by atoms with van der Waals surface area (Å²) in [5.74, 6) is -2.10. The second-order valence-electron chi connectivity index (χ2n) is 8.56. The number of hydrogen-bond acceptors (Lipinski definition) is 5. The van der Waals surface area contributed by atoms with Crippen LogP contribution in [0.5, 0.6) is 0 Å². The average molecular weight is 543 g/mol. The number of hydrogen-bond donors (Lipinski definition) is 1. The SMILES string of the molecule is CC[C@@H](CS(=O)(=O)N(C)C)N1C(=O)[C@@H](CC(=O)O)OC(c2cccc(Cl)c2)C1c1ccc(Cl)cc1. The fourth-order valence-electron chi connectivity index (χ4n) is 4.19. The summed E-state index contributed by atoms with van der Waals surface area (Å²) < 4.78 is 32.9. The molecule has 0 radical (unpaired) electrons. The van der Waals surface area contributed by atoms with Gasteiger partial charge in [-0.1, -0.05) is 54.4 Å². The van der Waals surface area contributed by atoms with Gasteiger partial charge in [-0.2, -0.15) is 0 Å². The molecule has 0 aromatic heterocycles. The van der Waals surface area contributed by atoms with Crippen molar-refractivity contribution in [1.82, 2.24) is 9.21 Å². The van der Waals surface area contributed by atoms with Crippen LogP contribution in [-0.4, -0.2) is 66.6 Å². The summed E-state index contributed by atoms with van der Waals surface area (Å²) in [7, 11) is -0.819. The van der Waals surface area contributed by atoms with Crippen LogP contribution < -0.4 is 0 Å². The maximum absolute atomic E-state index is 13.7. The number of benzene rings is 2. The Balaban J connectivity index is 2.21. The van der Waals surface area contributed by atoms with Crippen LogP contribution in [0.4, 0.5) is 0 Å². The number of carboxylic acid groups (broad SMARTS) is 1. The molecule has 0 aliphatic carbocycles. The van der Waals surface area contributed by atoms with Crippen molar-refractivity contribution in [2.24, 2.45) is 0 Å². The van der Waals surface area contributed by atoms with Crippen LogP contribution in [0.3, 0.4) is 0 Å². The van der Waals surface area contributed by atoms with Gasteiger partial charge in [0, 0.05) is 30.2 Å². The molecule has 1 heterocycles. The first-order valence-electron chi connectivity index (χ1n) is 11.0. The number of sulfonamides is 1. The molecular weight excluding hydrogens is 515 g/mol. The highest BCUT2D eigenvalue weighted by atomic mass is 35.5. The molecule has 2 unspecified atom stereocenters. The summed E-state index contributed by atoms with van der Waals surface area (Å²) in [5.41, 5.74) is 1.30. The molecule has 1 aliphatic rings. The fraction of sp³-hybridized carbons (Fsp3) is 0.417. The number of amides is 1. The van der Waals surface area contributed by atoms with E-state index in [0.717, 1.165) is 4.31 Å². The topological polar surface area (TPSA) is 104 Å². The van der Waals surface area contributed by atoms with Gasteiger partial charge in [0.05, 0.1) is 18.2 Å². The summed E-state index contributed by atoms with van der Waals surface area (Å²) in [6.45, 7) is 1.79. The quantitative estimate of drug-likeness (QED) is 0.510. The zero-order valence-electron chi connectivity index (χ0n) is 19.6. The minimum absolute atomic E-state index is 0.324. The van der Waals surface area contributed by atoms with E-state index in [-0.39, 0.29) is 5.75 Å². The second kappa shape index (κ2) is 11.3. The molecule has 1 amide bonds. The lowest BCUT2D eigenvalue weighted by Gasteiger charge is -2.48. The van der Waals surface area contributed by atoms with E-state index in [4.69, 9.17) is 27.9 Å². The molecule has 2 aromatic carbocycles. The van der Waals surface area contributed by atoms with Gasteiger partial charge in [-0.15, -0.1) is 0 Å². The van der Waals surface area contributed by atoms with E-state index in [0.29, 0.717) is 27.6 Å². The number of halogens is 2. The molecule has 0 spiro atoms. The van der Waals surface area contributed by atoms with E-state index < -0.39 is 52.6 Å². The summed E-state index contributed by atoms with van der Waals surface area (Å²) in [5, 5.41) is 10.4. The van der Waals surface area contributed by atoms with Crippen molar-refractivity contribution >= 4 is 45.1 Å². The monoisotopic (exact) mass is 542 g/mol. The lowest BCUT2D eigenvalue weighted by molar-refractivity contribution is -0.182. The number of aliphatic carboxylic acids is 1. The van der Waals surface area contributed by atoms with E-state index in [1.165, 1.54) is 19.0 Å². The van der Waals surface area contributed by atoms with Crippen molar-refractivity contribution in [1.29, 1.82) is 0 Å². The van der Waals surface area contributed by atoms with Gasteiger partial charge >= 0.3 is 5.97 Å². The van der Waals surface area contributed by atoms with Crippen LogP contribution in [-0.2, 0) is 24.3 Å². The van der Waals surface area contributed by atoms with E-state index >= 15 is 0 Å². The third-order valence-electron chi connectivity index (χ3n) is 6.00. The maximum atomic E-state index is 13.7. The highest BCUT2D eigenvalue weighted by molar-refractivity contribution is 7.89. The normalized spacial score (nSPS) is 21.8. The minimum Gasteiger partial charge on any atom is -0.481 e. The van der Waals surface area contributed by atoms with E-state index in [2.05, 4.69) is 0 Å². The number of carboxylic acids is 1. The van der Waals surface area contributed by atoms with Crippen LogP contribution in [0.2, 0.25) is 10.0 Å². The first-order chi connectivity index (χ1) is 16.4. The van der Waals surface area contributed by atoms with Gasteiger partial charge < -0.3 is 14.7 Å². The lowest BCUT2D eigenvalue weighted by Crippen LogP contribution is -2.57. The zero-order chi connectivity index (χ0) is 25.9. The lowest BCUT2D eigenvalue weighted by atomic mass is 9.89. The Bertz CT molecular complexity index is 1170. The van der Waals surface area contributed by atoms with Crippen LogP contribution in [0.1, 0.15) is 43.0 Å². The Morgan fingerprint density at radius 1 is 1.11 bits per heavy atom. The average Bonchev–Trinajstić information content (AvgIpc) is 2.79. The van der Waals surface area contributed by atoms with Crippen molar-refractivity contribution in [3.8, 4) is 0 Å². The number of carbonyl (C=O) groups excluding carboxylic acids is 1. The zero-order valence-corrected chi connectivity index (χ0v) is 21.9. The Labute approximate surface area is 215 Å². The molecule has 0 bridgehead atoms. The summed E-state index contributed by atoms with van der Waals surface area (Å²) in [6, 6.07) is 12.3. The van der Waals surface area contributed by atoms with Gasteiger partial charge in [-0.05, 0) is 41.8 Å². The second-order valence-corrected chi connectivity index (χ2v) is 11.7. The third-order valence-corrected chi connectivity index (χ3v) is 8.41. The largest absolute Gasteiger partial charge is 0.481 e. The van der Waals surface area contributed by atoms with Gasteiger partial charge in [-0.25, -0.2) is 12.7 Å². The van der Waals surface area contributed by atoms with Gasteiger partial charge in [0.2, 0.25) is 10.0 Å². The molecule has 1 fully saturated rings. The van der Waals surface area contributed by atoms with Crippen molar-refractivity contribution in [2.75, 3.05) is 19.8 Å². The molecule has 2 aromatic rings. The standard InChI is InChI=1S/C24H28Cl2N2O6S/c1-4-19(14-35(32,33)27(2)3)28-22(15-8-10-17(25)11-9-15)23(16-6-5-7-18(26)12-16)34-20(24(28)31)13-21(29)30/h5-12,19-20,22-23H,4,13-14H2,1-3H3,(H,29,30)/t19-,20+,22?,23?/m0/s1. The molecule has 190 valence electrons. The predicted octanol–water partition coefficient (Wildman–Crippen LogP) is 4.15. The highest BCUT2D eigenvalue weighted by Crippen LogP contribution is 2.44. The Morgan fingerprint density at radius 2 is 1.77 bits per heavy atom. The smallest absolute Gasteiger partial charge is 0.306 e. The number of morpholine rings is 1. The van der Waals surface area contributed by atoms with Crippen molar-refractivity contribution < 1.29 is 27.9 Å². The van der Waals surface area contributed by atoms with Gasteiger partial charge in [0.15, 0.2) is 0 Å². The highest BCUT2D eigenvalue weighted by Gasteiger charge is 2.47. The first kappa shape index (κ1) is 27.4. The fourth-order valence-corrected chi connectivity index (χ4v) is 5.69. The molecule has 11 heteroatoms. The van der Waals surface area contributed by atoms with Crippen molar-refractivity contribution in [2.45, 2.75) is 44.1 Å².